The molecule has 1 unspecified atom stereocenters. The largest absolute Gasteiger partial charge is 0.311 e. The Hall–Kier alpha value is -0.190. The third-order valence-electron chi connectivity index (χ3n) is 1.71. The average Bonchev–Trinajstić information content (AvgIpc) is 2.64. The first kappa shape index (κ1) is 10.9. The van der Waals surface area contributed by atoms with Crippen molar-refractivity contribution in [3.8, 4) is 0 Å². The minimum Gasteiger partial charge on any atom is -0.311 e. The van der Waals surface area contributed by atoms with Gasteiger partial charge in [0.1, 0.15) is 0 Å². The minimum absolute atomic E-state index is 0.634. The molecule has 0 aliphatic heterocycles. The summed E-state index contributed by atoms with van der Waals surface area (Å²) in [6.07, 6.45) is 0. The van der Waals surface area contributed by atoms with Gasteiger partial charge < -0.3 is 5.32 Å². The van der Waals surface area contributed by atoms with Crippen LogP contribution < -0.4 is 5.32 Å². The molecule has 0 radical (unpaired) electrons. The predicted molar refractivity (Wildman–Crippen MR) is 59.6 cm³/mol. The van der Waals surface area contributed by atoms with Gasteiger partial charge in [0.05, 0.1) is 0 Å². The third kappa shape index (κ3) is 4.55. The van der Waals surface area contributed by atoms with Gasteiger partial charge in [-0.3, -0.25) is 4.21 Å². The van der Waals surface area contributed by atoms with Gasteiger partial charge in [-0.1, -0.05) is 13.0 Å². The molecule has 0 fully saturated rings. The summed E-state index contributed by atoms with van der Waals surface area (Å²) >= 11 is 1.75. The summed E-state index contributed by atoms with van der Waals surface area (Å²) < 4.78 is 11.0. The van der Waals surface area contributed by atoms with Crippen LogP contribution in [0.4, 0.5) is 0 Å². The molecule has 4 heteroatoms. The predicted octanol–water partition coefficient (Wildman–Crippen LogP) is 1.61. The van der Waals surface area contributed by atoms with Crippen molar-refractivity contribution in [2.24, 2.45) is 0 Å². The fourth-order valence-electron chi connectivity index (χ4n) is 0.955. The van der Waals surface area contributed by atoms with E-state index in [1.54, 1.807) is 11.3 Å². The smallest absolute Gasteiger partial charge is 0.0360 e. The molecule has 1 atom stereocenters. The highest BCUT2D eigenvalue weighted by Gasteiger charge is 1.96. The monoisotopic (exact) mass is 217 g/mol. The Balaban J connectivity index is 2.05. The van der Waals surface area contributed by atoms with E-state index < -0.39 is 10.8 Å². The summed E-state index contributed by atoms with van der Waals surface area (Å²) in [7, 11) is -0.634. The van der Waals surface area contributed by atoms with E-state index in [0.29, 0.717) is 0 Å². The van der Waals surface area contributed by atoms with E-state index in [1.165, 1.54) is 4.88 Å². The number of rotatable bonds is 6. The Bertz CT molecular complexity index is 246. The van der Waals surface area contributed by atoms with Gasteiger partial charge in [0, 0.05) is 40.3 Å². The van der Waals surface area contributed by atoms with Crippen LogP contribution in [0.3, 0.4) is 0 Å². The molecule has 13 heavy (non-hydrogen) atoms. The third-order valence-corrected chi connectivity index (χ3v) is 3.89. The Morgan fingerprint density at radius 2 is 2.46 bits per heavy atom. The maximum atomic E-state index is 11.0. The molecular formula is C9H15NOS2. The van der Waals surface area contributed by atoms with E-state index in [0.717, 1.165) is 24.6 Å². The highest BCUT2D eigenvalue weighted by molar-refractivity contribution is 7.84. The van der Waals surface area contributed by atoms with E-state index in [4.69, 9.17) is 0 Å². The van der Waals surface area contributed by atoms with Crippen molar-refractivity contribution in [1.29, 1.82) is 0 Å². The molecule has 0 saturated heterocycles. The Labute approximate surface area is 85.8 Å². The van der Waals surface area contributed by atoms with Gasteiger partial charge in [-0.15, -0.1) is 11.3 Å². The standard InChI is InChI=1S/C9H15NOS2/c1-2-13(11)7-5-10-8-9-4-3-6-12-9/h3-4,6,10H,2,5,7-8H2,1H3. The Kier molecular flexibility index (Phi) is 5.27. The number of hydrogen-bond donors (Lipinski definition) is 1. The van der Waals surface area contributed by atoms with Gasteiger partial charge in [0.15, 0.2) is 0 Å². The topological polar surface area (TPSA) is 29.1 Å². The molecule has 1 rings (SSSR count). The van der Waals surface area contributed by atoms with Crippen molar-refractivity contribution >= 4 is 22.1 Å². The Morgan fingerprint density at radius 3 is 3.08 bits per heavy atom. The lowest BCUT2D eigenvalue weighted by molar-refractivity contribution is 0.675. The fraction of sp³-hybridized carbons (Fsp3) is 0.556. The number of nitrogens with one attached hydrogen (secondary N) is 1. The van der Waals surface area contributed by atoms with Crippen LogP contribution in [-0.2, 0) is 17.3 Å². The molecule has 0 saturated carbocycles. The lowest BCUT2D eigenvalue weighted by atomic mass is 10.4. The number of hydrogen-bond acceptors (Lipinski definition) is 3. The normalized spacial score (nSPS) is 13.0. The molecule has 2 nitrogen and oxygen atoms in total. The van der Waals surface area contributed by atoms with Crippen LogP contribution in [0.2, 0.25) is 0 Å². The molecule has 0 amide bonds. The Morgan fingerprint density at radius 1 is 1.62 bits per heavy atom. The molecule has 1 aromatic rings. The van der Waals surface area contributed by atoms with E-state index in [2.05, 4.69) is 16.8 Å². The summed E-state index contributed by atoms with van der Waals surface area (Å²) in [6.45, 7) is 3.70. The fourth-order valence-corrected chi connectivity index (χ4v) is 2.29. The summed E-state index contributed by atoms with van der Waals surface area (Å²) in [6, 6.07) is 4.15. The van der Waals surface area contributed by atoms with Crippen molar-refractivity contribution < 1.29 is 4.21 Å². The zero-order valence-electron chi connectivity index (χ0n) is 7.79. The molecule has 0 aliphatic rings. The van der Waals surface area contributed by atoms with Crippen LogP contribution in [0.15, 0.2) is 17.5 Å². The van der Waals surface area contributed by atoms with E-state index in [1.807, 2.05) is 13.0 Å². The highest BCUT2D eigenvalue weighted by Crippen LogP contribution is 2.06. The van der Waals surface area contributed by atoms with Crippen LogP contribution in [-0.4, -0.2) is 22.3 Å². The molecule has 0 aliphatic carbocycles. The molecule has 0 bridgehead atoms. The van der Waals surface area contributed by atoms with E-state index >= 15 is 0 Å². The van der Waals surface area contributed by atoms with Crippen LogP contribution >= 0.6 is 11.3 Å². The van der Waals surface area contributed by atoms with Crippen LogP contribution in [0.1, 0.15) is 11.8 Å². The zero-order chi connectivity index (χ0) is 9.52. The van der Waals surface area contributed by atoms with Gasteiger partial charge in [-0.25, -0.2) is 0 Å². The molecule has 0 aromatic carbocycles. The molecule has 1 aromatic heterocycles. The highest BCUT2D eigenvalue weighted by atomic mass is 32.2. The van der Waals surface area contributed by atoms with E-state index in [-0.39, 0.29) is 0 Å². The maximum Gasteiger partial charge on any atom is 0.0360 e. The zero-order valence-corrected chi connectivity index (χ0v) is 9.42. The second-order valence-electron chi connectivity index (χ2n) is 2.69. The lowest BCUT2D eigenvalue weighted by Gasteiger charge is -2.01. The van der Waals surface area contributed by atoms with E-state index in [9.17, 15) is 4.21 Å². The van der Waals surface area contributed by atoms with Gasteiger partial charge in [-0.2, -0.15) is 0 Å². The van der Waals surface area contributed by atoms with Crippen molar-refractivity contribution in [2.45, 2.75) is 13.5 Å². The van der Waals surface area contributed by atoms with Gasteiger partial charge in [-0.05, 0) is 11.4 Å². The molecule has 0 spiro atoms. The molecule has 1 N–H and O–H groups in total. The first-order valence-electron chi connectivity index (χ1n) is 4.41. The van der Waals surface area contributed by atoms with Crippen LogP contribution in [0, 0.1) is 0 Å². The van der Waals surface area contributed by atoms with Crippen LogP contribution in [0.25, 0.3) is 0 Å². The summed E-state index contributed by atoms with van der Waals surface area (Å²) in [5.41, 5.74) is 0. The van der Waals surface area contributed by atoms with Crippen molar-refractivity contribution in [1.82, 2.24) is 5.32 Å². The number of thiophene rings is 1. The maximum absolute atomic E-state index is 11.0. The second kappa shape index (κ2) is 6.29. The van der Waals surface area contributed by atoms with Gasteiger partial charge >= 0.3 is 0 Å². The summed E-state index contributed by atoms with van der Waals surface area (Å²) in [4.78, 5) is 1.34. The molecule has 1 heterocycles. The lowest BCUT2D eigenvalue weighted by Crippen LogP contribution is -2.20. The summed E-state index contributed by atoms with van der Waals surface area (Å²) in [5, 5.41) is 5.34. The van der Waals surface area contributed by atoms with Crippen molar-refractivity contribution in [2.75, 3.05) is 18.1 Å². The molecule has 74 valence electrons. The van der Waals surface area contributed by atoms with Crippen molar-refractivity contribution in [3.63, 3.8) is 0 Å². The molecular weight excluding hydrogens is 202 g/mol. The average molecular weight is 217 g/mol. The van der Waals surface area contributed by atoms with Crippen molar-refractivity contribution in [3.05, 3.63) is 22.4 Å². The first-order chi connectivity index (χ1) is 6.33. The van der Waals surface area contributed by atoms with Gasteiger partial charge in [0.2, 0.25) is 0 Å². The van der Waals surface area contributed by atoms with Gasteiger partial charge in [0.25, 0.3) is 0 Å². The first-order valence-corrected chi connectivity index (χ1v) is 6.77. The SMILES string of the molecule is CCS(=O)CCNCc1cccs1. The second-order valence-corrected chi connectivity index (χ2v) is 5.59. The summed E-state index contributed by atoms with van der Waals surface area (Å²) in [5.74, 6) is 1.53. The van der Waals surface area contributed by atoms with Crippen LogP contribution in [0.5, 0.6) is 0 Å². The minimum atomic E-state index is -0.634. The quantitative estimate of drug-likeness (QED) is 0.733.